The van der Waals surface area contributed by atoms with Gasteiger partial charge in [-0.15, -0.1) is 0 Å². The minimum absolute atomic E-state index is 0.0482. The van der Waals surface area contributed by atoms with E-state index in [9.17, 15) is 9.59 Å². The summed E-state index contributed by atoms with van der Waals surface area (Å²) in [5.41, 5.74) is 0.196. The number of nitrogens with one attached hydrogen (secondary N) is 1. The number of rotatable bonds is 3. The van der Waals surface area contributed by atoms with E-state index in [2.05, 4.69) is 26.1 Å². The Bertz CT molecular complexity index is 670. The number of carbonyl (C=O) groups excluding carboxylic acids is 2. The van der Waals surface area contributed by atoms with Crippen molar-refractivity contribution in [3.63, 3.8) is 0 Å². The number of benzene rings is 1. The highest BCUT2D eigenvalue weighted by Gasteiger charge is 2.55. The van der Waals surface area contributed by atoms with Crippen molar-refractivity contribution in [1.29, 1.82) is 0 Å². The van der Waals surface area contributed by atoms with E-state index in [1.807, 2.05) is 24.3 Å². The Morgan fingerprint density at radius 3 is 2.71 bits per heavy atom. The average molecular weight is 330 g/mol. The molecular weight excluding hydrogens is 304 g/mol. The molecule has 0 unspecified atom stereocenters. The Kier molecular flexibility index (Phi) is 4.06. The lowest BCUT2D eigenvalue weighted by molar-refractivity contribution is -0.135. The predicted octanol–water partition coefficient (Wildman–Crippen LogP) is 3.33. The summed E-state index contributed by atoms with van der Waals surface area (Å²) >= 11 is 0. The van der Waals surface area contributed by atoms with Crippen molar-refractivity contribution in [2.75, 3.05) is 7.11 Å². The lowest BCUT2D eigenvalue weighted by Gasteiger charge is -2.43. The molecule has 24 heavy (non-hydrogen) atoms. The number of hydrogen-bond donors (Lipinski definition) is 1. The van der Waals surface area contributed by atoms with Crippen molar-refractivity contribution in [3.8, 4) is 5.75 Å². The van der Waals surface area contributed by atoms with E-state index in [4.69, 9.17) is 4.74 Å². The number of methoxy groups -OCH3 is 1. The first kappa shape index (κ1) is 16.8. The van der Waals surface area contributed by atoms with Crippen LogP contribution in [0.1, 0.15) is 45.6 Å². The third-order valence-electron chi connectivity index (χ3n) is 5.10. The molecule has 0 radical (unpaired) electrons. The highest BCUT2D eigenvalue weighted by atomic mass is 16.5. The maximum atomic E-state index is 13.1. The largest absolute Gasteiger partial charge is 0.497 e. The Balaban J connectivity index is 1.84. The fourth-order valence-electron chi connectivity index (χ4n) is 4.60. The van der Waals surface area contributed by atoms with Gasteiger partial charge in [0, 0.05) is 0 Å². The van der Waals surface area contributed by atoms with E-state index in [0.29, 0.717) is 12.3 Å². The molecule has 0 aromatic heterocycles. The van der Waals surface area contributed by atoms with E-state index in [-0.39, 0.29) is 23.9 Å². The van der Waals surface area contributed by atoms with E-state index in [1.54, 1.807) is 7.11 Å². The summed E-state index contributed by atoms with van der Waals surface area (Å²) in [6.45, 7) is 6.79. The van der Waals surface area contributed by atoms with Crippen molar-refractivity contribution in [2.24, 2.45) is 11.3 Å². The van der Waals surface area contributed by atoms with E-state index in [0.717, 1.165) is 24.2 Å². The molecule has 1 aromatic carbocycles. The van der Waals surface area contributed by atoms with Crippen LogP contribution in [0.5, 0.6) is 5.75 Å². The molecule has 1 spiro atoms. The molecule has 1 aromatic rings. The van der Waals surface area contributed by atoms with Crippen LogP contribution >= 0.6 is 0 Å². The zero-order chi connectivity index (χ0) is 17.5. The van der Waals surface area contributed by atoms with Crippen LogP contribution in [0, 0.1) is 11.3 Å². The molecular formula is C19H26N2O3. The fraction of sp³-hybridized carbons (Fsp3) is 0.579. The van der Waals surface area contributed by atoms with Gasteiger partial charge < -0.3 is 10.1 Å². The van der Waals surface area contributed by atoms with Crippen molar-refractivity contribution in [2.45, 2.75) is 52.1 Å². The summed E-state index contributed by atoms with van der Waals surface area (Å²) in [4.78, 5) is 26.9. The molecule has 1 saturated heterocycles. The maximum Gasteiger partial charge on any atom is 0.325 e. The van der Waals surface area contributed by atoms with Crippen molar-refractivity contribution in [3.05, 3.63) is 29.8 Å². The molecule has 2 aliphatic rings. The summed E-state index contributed by atoms with van der Waals surface area (Å²) in [6, 6.07) is 7.20. The van der Waals surface area contributed by atoms with E-state index < -0.39 is 5.54 Å². The summed E-state index contributed by atoms with van der Waals surface area (Å²) in [5.74, 6) is 1.05. The van der Waals surface area contributed by atoms with Crippen molar-refractivity contribution < 1.29 is 14.3 Å². The summed E-state index contributed by atoms with van der Waals surface area (Å²) in [6.07, 6.45) is 2.49. The van der Waals surface area contributed by atoms with Crippen LogP contribution < -0.4 is 10.1 Å². The molecule has 130 valence electrons. The smallest absolute Gasteiger partial charge is 0.325 e. The molecule has 1 aliphatic carbocycles. The number of imide groups is 1. The Morgan fingerprint density at radius 2 is 2.04 bits per heavy atom. The SMILES string of the molecule is COc1cccc(CN2C(=O)N[C@@]3(C[C@H](C)CC(C)(C)C3)C2=O)c1. The van der Waals surface area contributed by atoms with Crippen LogP contribution in [0.3, 0.4) is 0 Å². The summed E-state index contributed by atoms with van der Waals surface area (Å²) in [5, 5.41) is 3.01. The molecule has 2 atom stereocenters. The van der Waals surface area contributed by atoms with Gasteiger partial charge in [0.25, 0.3) is 5.91 Å². The van der Waals surface area contributed by atoms with Gasteiger partial charge in [-0.2, -0.15) is 0 Å². The summed E-state index contributed by atoms with van der Waals surface area (Å²) < 4.78 is 5.22. The number of nitrogens with zero attached hydrogens (tertiary/aromatic N) is 1. The number of amides is 3. The van der Waals surface area contributed by atoms with Crippen LogP contribution in [0.25, 0.3) is 0 Å². The fourth-order valence-corrected chi connectivity index (χ4v) is 4.60. The third kappa shape index (κ3) is 2.99. The number of ether oxygens (including phenoxy) is 1. The zero-order valence-electron chi connectivity index (χ0n) is 14.9. The molecule has 0 bridgehead atoms. The van der Waals surface area contributed by atoms with E-state index >= 15 is 0 Å². The highest BCUT2D eigenvalue weighted by molar-refractivity contribution is 6.07. The lowest BCUT2D eigenvalue weighted by Crippen LogP contribution is -2.54. The van der Waals surface area contributed by atoms with Gasteiger partial charge in [-0.05, 0) is 48.3 Å². The van der Waals surface area contributed by atoms with E-state index in [1.165, 1.54) is 4.90 Å². The van der Waals surface area contributed by atoms with Gasteiger partial charge in [-0.3, -0.25) is 9.69 Å². The minimum atomic E-state index is -0.739. The molecule has 5 nitrogen and oxygen atoms in total. The standard InChI is InChI=1S/C19H26N2O3/c1-13-9-18(2,3)12-19(10-13)16(22)21(17(23)20-19)11-14-6-5-7-15(8-14)24-4/h5-8,13H,9-12H2,1-4H3,(H,20,23)/t13-,19-/m1/s1. The predicted molar refractivity (Wildman–Crippen MR) is 91.6 cm³/mol. The number of hydrogen-bond acceptors (Lipinski definition) is 3. The molecule has 2 fully saturated rings. The van der Waals surface area contributed by atoms with Gasteiger partial charge in [-0.1, -0.05) is 32.9 Å². The number of carbonyl (C=O) groups is 2. The quantitative estimate of drug-likeness (QED) is 0.865. The molecule has 3 rings (SSSR count). The highest BCUT2D eigenvalue weighted by Crippen LogP contribution is 2.46. The van der Waals surface area contributed by atoms with Gasteiger partial charge in [0.1, 0.15) is 11.3 Å². The van der Waals surface area contributed by atoms with Crippen LogP contribution in [0.15, 0.2) is 24.3 Å². The Labute approximate surface area is 143 Å². The molecule has 5 heteroatoms. The maximum absolute atomic E-state index is 13.1. The molecule has 1 heterocycles. The van der Waals surface area contributed by atoms with Crippen molar-refractivity contribution >= 4 is 11.9 Å². The number of urea groups is 1. The first-order chi connectivity index (χ1) is 11.2. The van der Waals surface area contributed by atoms with Crippen LogP contribution in [0.4, 0.5) is 4.79 Å². The topological polar surface area (TPSA) is 58.6 Å². The molecule has 1 aliphatic heterocycles. The molecule has 1 N–H and O–H groups in total. The van der Waals surface area contributed by atoms with Crippen LogP contribution in [0.2, 0.25) is 0 Å². The normalized spacial score (nSPS) is 29.0. The molecule has 3 amide bonds. The lowest BCUT2D eigenvalue weighted by atomic mass is 9.64. The van der Waals surface area contributed by atoms with Gasteiger partial charge in [0.15, 0.2) is 0 Å². The van der Waals surface area contributed by atoms with Gasteiger partial charge >= 0.3 is 6.03 Å². The first-order valence-corrected chi connectivity index (χ1v) is 8.52. The second kappa shape index (κ2) is 5.80. The van der Waals surface area contributed by atoms with Crippen LogP contribution in [-0.2, 0) is 11.3 Å². The monoisotopic (exact) mass is 330 g/mol. The Hall–Kier alpha value is -2.04. The zero-order valence-corrected chi connectivity index (χ0v) is 14.9. The molecule has 1 saturated carbocycles. The first-order valence-electron chi connectivity index (χ1n) is 8.52. The van der Waals surface area contributed by atoms with Gasteiger partial charge in [0.05, 0.1) is 13.7 Å². The average Bonchev–Trinajstić information content (AvgIpc) is 2.69. The van der Waals surface area contributed by atoms with Gasteiger partial charge in [-0.25, -0.2) is 4.79 Å². The Morgan fingerprint density at radius 1 is 1.29 bits per heavy atom. The minimum Gasteiger partial charge on any atom is -0.497 e. The summed E-state index contributed by atoms with van der Waals surface area (Å²) in [7, 11) is 1.60. The third-order valence-corrected chi connectivity index (χ3v) is 5.10. The van der Waals surface area contributed by atoms with Gasteiger partial charge in [0.2, 0.25) is 0 Å². The van der Waals surface area contributed by atoms with Crippen LogP contribution in [-0.4, -0.2) is 29.5 Å². The second-order valence-electron chi connectivity index (χ2n) is 8.11. The second-order valence-corrected chi connectivity index (χ2v) is 8.11. The van der Waals surface area contributed by atoms with Crippen molar-refractivity contribution in [1.82, 2.24) is 10.2 Å².